The molecule has 1 aromatic rings. The van der Waals surface area contributed by atoms with Crippen molar-refractivity contribution in [2.24, 2.45) is 0 Å². The van der Waals surface area contributed by atoms with Crippen molar-refractivity contribution < 1.29 is 9.90 Å². The number of nitrogens with one attached hydrogen (secondary N) is 1. The highest BCUT2D eigenvalue weighted by Gasteiger charge is 2.22. The topological polar surface area (TPSA) is 65.5 Å². The monoisotopic (exact) mass is 293 g/mol. The molecule has 5 nitrogen and oxygen atoms in total. The van der Waals surface area contributed by atoms with Gasteiger partial charge in [-0.1, -0.05) is 13.8 Å². The molecule has 118 valence electrons. The Kier molecular flexibility index (Phi) is 7.15. The van der Waals surface area contributed by atoms with Crippen molar-refractivity contribution in [1.82, 2.24) is 9.88 Å². The van der Waals surface area contributed by atoms with Gasteiger partial charge < -0.3 is 15.3 Å². The van der Waals surface area contributed by atoms with Crippen LogP contribution >= 0.6 is 0 Å². The Morgan fingerprint density at radius 2 is 2.00 bits per heavy atom. The van der Waals surface area contributed by atoms with Crippen LogP contribution in [0.15, 0.2) is 12.1 Å². The summed E-state index contributed by atoms with van der Waals surface area (Å²) in [7, 11) is 0. The zero-order valence-electron chi connectivity index (χ0n) is 13.5. The van der Waals surface area contributed by atoms with Crippen LogP contribution in [0.1, 0.15) is 49.7 Å². The number of aliphatic hydroxyl groups is 1. The highest BCUT2D eigenvalue weighted by Crippen LogP contribution is 2.16. The van der Waals surface area contributed by atoms with Crippen LogP contribution in [-0.4, -0.2) is 46.6 Å². The number of carbonyl (C=O) groups excluding carboxylic acids is 1. The molecule has 0 unspecified atom stereocenters. The predicted molar refractivity (Wildman–Crippen MR) is 85.6 cm³/mol. The minimum atomic E-state index is -0.0394. The quantitative estimate of drug-likeness (QED) is 0.772. The summed E-state index contributed by atoms with van der Waals surface area (Å²) in [5.74, 6) is 0.678. The van der Waals surface area contributed by atoms with E-state index in [0.29, 0.717) is 17.9 Å². The number of carbonyl (C=O) groups is 1. The fourth-order valence-corrected chi connectivity index (χ4v) is 2.52. The summed E-state index contributed by atoms with van der Waals surface area (Å²) in [5.41, 5.74) is 1.43. The number of hydrogen-bond acceptors (Lipinski definition) is 4. The van der Waals surface area contributed by atoms with Crippen LogP contribution in [0.5, 0.6) is 0 Å². The second-order valence-corrected chi connectivity index (χ2v) is 5.11. The van der Waals surface area contributed by atoms with Gasteiger partial charge in [0.15, 0.2) is 0 Å². The molecule has 0 saturated carbocycles. The van der Waals surface area contributed by atoms with Crippen molar-refractivity contribution >= 4 is 11.7 Å². The Morgan fingerprint density at radius 3 is 2.52 bits per heavy atom. The largest absolute Gasteiger partial charge is 0.395 e. The van der Waals surface area contributed by atoms with E-state index in [1.165, 1.54) is 0 Å². The van der Waals surface area contributed by atoms with Gasteiger partial charge in [-0.05, 0) is 38.8 Å². The smallest absolute Gasteiger partial charge is 0.254 e. The van der Waals surface area contributed by atoms with Crippen molar-refractivity contribution in [1.29, 1.82) is 0 Å². The normalized spacial score (nSPS) is 10.8. The molecule has 0 aliphatic heterocycles. The molecular formula is C16H27N3O2. The van der Waals surface area contributed by atoms with Crippen molar-refractivity contribution in [2.45, 2.75) is 46.6 Å². The second kappa shape index (κ2) is 8.62. The van der Waals surface area contributed by atoms with Crippen LogP contribution < -0.4 is 5.32 Å². The Hall–Kier alpha value is -1.62. The van der Waals surface area contributed by atoms with Crippen molar-refractivity contribution in [2.75, 3.05) is 25.0 Å². The molecule has 0 spiro atoms. The Balaban J connectivity index is 3.07. The molecule has 2 N–H and O–H groups in total. The summed E-state index contributed by atoms with van der Waals surface area (Å²) in [6.07, 6.45) is 1.76. The number of anilines is 1. The molecule has 0 saturated heterocycles. The third-order valence-electron chi connectivity index (χ3n) is 3.54. The van der Waals surface area contributed by atoms with Crippen LogP contribution in [0, 0.1) is 6.92 Å². The summed E-state index contributed by atoms with van der Waals surface area (Å²) in [4.78, 5) is 18.9. The molecule has 5 heteroatoms. The first kappa shape index (κ1) is 17.4. The minimum absolute atomic E-state index is 0.0215. The van der Waals surface area contributed by atoms with Gasteiger partial charge in [-0.25, -0.2) is 4.98 Å². The average molecular weight is 293 g/mol. The molecule has 0 aromatic carbocycles. The molecule has 0 atom stereocenters. The van der Waals surface area contributed by atoms with Crippen molar-refractivity contribution in [3.05, 3.63) is 23.4 Å². The van der Waals surface area contributed by atoms with E-state index in [2.05, 4.69) is 24.1 Å². The molecule has 0 radical (unpaired) electrons. The number of nitrogens with zero attached hydrogens (tertiary/aromatic N) is 2. The number of hydrogen-bond donors (Lipinski definition) is 2. The van der Waals surface area contributed by atoms with Crippen molar-refractivity contribution in [3.8, 4) is 0 Å². The van der Waals surface area contributed by atoms with E-state index in [0.717, 1.165) is 25.1 Å². The first-order valence-corrected chi connectivity index (χ1v) is 7.71. The number of aromatic nitrogens is 1. The summed E-state index contributed by atoms with van der Waals surface area (Å²) in [5, 5.41) is 12.4. The van der Waals surface area contributed by atoms with E-state index in [1.807, 2.05) is 13.8 Å². The standard InChI is InChI=1S/C16H27N3O2/c1-5-14(6-2)19(8-9-20)16(21)13-10-12(4)18-15(11-13)17-7-3/h10-11,14,20H,5-9H2,1-4H3,(H,17,18). The summed E-state index contributed by atoms with van der Waals surface area (Å²) < 4.78 is 0. The highest BCUT2D eigenvalue weighted by atomic mass is 16.3. The maximum Gasteiger partial charge on any atom is 0.254 e. The fraction of sp³-hybridized carbons (Fsp3) is 0.625. The predicted octanol–water partition coefficient (Wildman–Crippen LogP) is 2.44. The van der Waals surface area contributed by atoms with Gasteiger partial charge in [-0.15, -0.1) is 0 Å². The van der Waals surface area contributed by atoms with Crippen molar-refractivity contribution in [3.63, 3.8) is 0 Å². The van der Waals surface area contributed by atoms with Gasteiger partial charge in [-0.3, -0.25) is 4.79 Å². The second-order valence-electron chi connectivity index (χ2n) is 5.11. The Bertz CT molecular complexity index is 459. The van der Waals surface area contributed by atoms with Gasteiger partial charge in [0, 0.05) is 30.4 Å². The summed E-state index contributed by atoms with van der Waals surface area (Å²) >= 11 is 0. The molecule has 1 aromatic heterocycles. The number of aryl methyl sites for hydroxylation is 1. The van der Waals surface area contributed by atoms with Gasteiger partial charge in [0.2, 0.25) is 0 Å². The number of aliphatic hydroxyl groups excluding tert-OH is 1. The lowest BCUT2D eigenvalue weighted by atomic mass is 10.1. The van der Waals surface area contributed by atoms with E-state index in [-0.39, 0.29) is 18.6 Å². The van der Waals surface area contributed by atoms with Gasteiger partial charge in [0.1, 0.15) is 5.82 Å². The summed E-state index contributed by atoms with van der Waals surface area (Å²) in [6, 6.07) is 3.74. The molecule has 21 heavy (non-hydrogen) atoms. The number of amides is 1. The van der Waals surface area contributed by atoms with E-state index in [1.54, 1.807) is 17.0 Å². The first-order chi connectivity index (χ1) is 10.1. The highest BCUT2D eigenvalue weighted by molar-refractivity contribution is 5.95. The molecule has 1 amide bonds. The molecule has 0 aliphatic rings. The minimum Gasteiger partial charge on any atom is -0.395 e. The molecule has 1 heterocycles. The number of pyridine rings is 1. The average Bonchev–Trinajstić information content (AvgIpc) is 2.46. The van der Waals surface area contributed by atoms with E-state index >= 15 is 0 Å². The maximum absolute atomic E-state index is 12.8. The molecule has 0 fully saturated rings. The third-order valence-corrected chi connectivity index (χ3v) is 3.54. The third kappa shape index (κ3) is 4.70. The molecule has 0 aliphatic carbocycles. The lowest BCUT2D eigenvalue weighted by molar-refractivity contribution is 0.0622. The Morgan fingerprint density at radius 1 is 1.33 bits per heavy atom. The number of rotatable bonds is 8. The zero-order valence-corrected chi connectivity index (χ0v) is 13.5. The summed E-state index contributed by atoms with van der Waals surface area (Å²) in [6.45, 7) is 9.10. The first-order valence-electron chi connectivity index (χ1n) is 7.71. The van der Waals surface area contributed by atoms with E-state index in [9.17, 15) is 9.90 Å². The van der Waals surface area contributed by atoms with Gasteiger partial charge in [-0.2, -0.15) is 0 Å². The molecule has 1 rings (SSSR count). The lowest BCUT2D eigenvalue weighted by Gasteiger charge is -2.30. The zero-order chi connectivity index (χ0) is 15.8. The molecular weight excluding hydrogens is 266 g/mol. The van der Waals surface area contributed by atoms with Crippen LogP contribution in [-0.2, 0) is 0 Å². The maximum atomic E-state index is 12.8. The van der Waals surface area contributed by atoms with Crippen LogP contribution in [0.3, 0.4) is 0 Å². The van der Waals surface area contributed by atoms with E-state index in [4.69, 9.17) is 0 Å². The van der Waals surface area contributed by atoms with Crippen LogP contribution in [0.4, 0.5) is 5.82 Å². The van der Waals surface area contributed by atoms with Gasteiger partial charge in [0.25, 0.3) is 5.91 Å². The Labute approximate surface area is 127 Å². The van der Waals surface area contributed by atoms with Crippen LogP contribution in [0.25, 0.3) is 0 Å². The van der Waals surface area contributed by atoms with E-state index < -0.39 is 0 Å². The fourth-order valence-electron chi connectivity index (χ4n) is 2.52. The SMILES string of the molecule is CCNc1cc(C(=O)N(CCO)C(CC)CC)cc(C)n1. The lowest BCUT2D eigenvalue weighted by Crippen LogP contribution is -2.41. The molecule has 0 bridgehead atoms. The van der Waals surface area contributed by atoms with Crippen LogP contribution in [0.2, 0.25) is 0 Å². The van der Waals surface area contributed by atoms with Gasteiger partial charge in [0.05, 0.1) is 6.61 Å². The van der Waals surface area contributed by atoms with Gasteiger partial charge >= 0.3 is 0 Å².